The molecular formula is C3H6O3S. The minimum atomic E-state index is -3.94. The molecule has 0 aromatic carbocycles. The molecule has 0 rings (SSSR count). The van der Waals surface area contributed by atoms with Gasteiger partial charge in [-0.15, -0.1) is 0 Å². The number of rotatable bonds is 1. The van der Waals surface area contributed by atoms with Crippen LogP contribution in [-0.4, -0.2) is 13.0 Å². The molecular weight excluding hydrogens is 116 g/mol. The van der Waals surface area contributed by atoms with Gasteiger partial charge >= 0.3 is 0 Å². The molecule has 0 radical (unpaired) electrons. The average molecular weight is 122 g/mol. The van der Waals surface area contributed by atoms with Crippen LogP contribution in [0.4, 0.5) is 0 Å². The minimum absolute atomic E-state index is 0.229. The van der Waals surface area contributed by atoms with Crippen molar-refractivity contribution < 1.29 is 13.0 Å². The largest absolute Gasteiger partial charge is 0.289 e. The fourth-order valence-electron chi connectivity index (χ4n) is 0. The molecule has 0 heterocycles. The molecule has 0 saturated heterocycles. The van der Waals surface area contributed by atoms with Gasteiger partial charge in [0.15, 0.2) is 0 Å². The maximum atomic E-state index is 9.79. The summed E-state index contributed by atoms with van der Waals surface area (Å²) in [5.41, 5.74) is 0. The predicted octanol–water partition coefficient (Wildman–Crippen LogP) is 0.408. The molecule has 0 saturated carbocycles. The van der Waals surface area contributed by atoms with E-state index in [4.69, 9.17) is 4.55 Å². The zero-order valence-electron chi connectivity index (χ0n) is 3.88. The van der Waals surface area contributed by atoms with Gasteiger partial charge in [0.25, 0.3) is 10.1 Å². The number of allylic oxidation sites excluding steroid dienone is 1. The highest BCUT2D eigenvalue weighted by Crippen LogP contribution is 1.94. The summed E-state index contributed by atoms with van der Waals surface area (Å²) in [6.07, 6.45) is 0. The second kappa shape index (κ2) is 1.63. The number of hydrogen-bond donors (Lipinski definition) is 1. The van der Waals surface area contributed by atoms with E-state index in [1.807, 2.05) is 0 Å². The summed E-state index contributed by atoms with van der Waals surface area (Å²) in [4.78, 5) is -0.229. The fourth-order valence-corrected chi connectivity index (χ4v) is 0. The van der Waals surface area contributed by atoms with Gasteiger partial charge in [0.1, 0.15) is 0 Å². The Hall–Kier alpha value is -0.350. The van der Waals surface area contributed by atoms with E-state index in [2.05, 4.69) is 6.58 Å². The van der Waals surface area contributed by atoms with E-state index in [0.717, 1.165) is 0 Å². The van der Waals surface area contributed by atoms with Crippen molar-refractivity contribution in [2.45, 2.75) is 6.92 Å². The Morgan fingerprint density at radius 2 is 1.86 bits per heavy atom. The Morgan fingerprint density at radius 1 is 1.71 bits per heavy atom. The van der Waals surface area contributed by atoms with Crippen molar-refractivity contribution in [2.75, 3.05) is 0 Å². The van der Waals surface area contributed by atoms with Gasteiger partial charge in [0.2, 0.25) is 0 Å². The second-order valence-electron chi connectivity index (χ2n) is 1.18. The Morgan fingerprint density at radius 3 is 1.86 bits per heavy atom. The van der Waals surface area contributed by atoms with Gasteiger partial charge in [-0.3, -0.25) is 4.55 Å². The molecule has 4 heteroatoms. The maximum absolute atomic E-state index is 9.79. The van der Waals surface area contributed by atoms with E-state index < -0.39 is 10.1 Å². The van der Waals surface area contributed by atoms with Crippen molar-refractivity contribution in [3.8, 4) is 0 Å². The molecule has 0 aliphatic rings. The second-order valence-corrected chi connectivity index (χ2v) is 2.82. The van der Waals surface area contributed by atoms with Crippen molar-refractivity contribution in [1.82, 2.24) is 0 Å². The van der Waals surface area contributed by atoms with E-state index in [1.54, 1.807) is 0 Å². The van der Waals surface area contributed by atoms with Crippen molar-refractivity contribution in [2.24, 2.45) is 0 Å². The molecule has 7 heavy (non-hydrogen) atoms. The lowest BCUT2D eigenvalue weighted by Gasteiger charge is -1.86. The van der Waals surface area contributed by atoms with Gasteiger partial charge < -0.3 is 0 Å². The first-order valence-corrected chi connectivity index (χ1v) is 3.01. The lowest BCUT2D eigenvalue weighted by molar-refractivity contribution is 0.491. The monoisotopic (exact) mass is 122 g/mol. The molecule has 0 aromatic heterocycles. The lowest BCUT2D eigenvalue weighted by Crippen LogP contribution is -1.95. The van der Waals surface area contributed by atoms with Crippen LogP contribution in [-0.2, 0) is 10.1 Å². The molecule has 42 valence electrons. The van der Waals surface area contributed by atoms with E-state index in [1.165, 1.54) is 6.92 Å². The Kier molecular flexibility index (Phi) is 1.55. The summed E-state index contributed by atoms with van der Waals surface area (Å²) in [6.45, 7) is 4.21. The summed E-state index contributed by atoms with van der Waals surface area (Å²) in [5, 5.41) is 0. The van der Waals surface area contributed by atoms with E-state index in [9.17, 15) is 8.42 Å². The highest BCUT2D eigenvalue weighted by atomic mass is 32.2. The van der Waals surface area contributed by atoms with Crippen LogP contribution in [0.15, 0.2) is 11.5 Å². The third kappa shape index (κ3) is 2.36. The molecule has 3 nitrogen and oxygen atoms in total. The Bertz CT molecular complexity index is 165. The van der Waals surface area contributed by atoms with Crippen molar-refractivity contribution in [3.63, 3.8) is 0 Å². The quantitative estimate of drug-likeness (QED) is 0.512. The summed E-state index contributed by atoms with van der Waals surface area (Å²) in [5.74, 6) is 0. The minimum Gasteiger partial charge on any atom is -0.282 e. The lowest BCUT2D eigenvalue weighted by atomic mass is 10.8. The van der Waals surface area contributed by atoms with Gasteiger partial charge in [-0.2, -0.15) is 8.42 Å². The molecule has 0 bridgehead atoms. The van der Waals surface area contributed by atoms with E-state index in [-0.39, 0.29) is 4.91 Å². The molecule has 0 spiro atoms. The van der Waals surface area contributed by atoms with Crippen molar-refractivity contribution in [1.29, 1.82) is 0 Å². The van der Waals surface area contributed by atoms with Crippen LogP contribution in [0.25, 0.3) is 0 Å². The summed E-state index contributed by atoms with van der Waals surface area (Å²) < 4.78 is 27.5. The highest BCUT2D eigenvalue weighted by Gasteiger charge is 2.01. The normalized spacial score (nSPS) is 11.1. The Balaban J connectivity index is 4.43. The maximum Gasteiger partial charge on any atom is 0.289 e. The third-order valence-electron chi connectivity index (χ3n) is 0.440. The van der Waals surface area contributed by atoms with Gasteiger partial charge in [-0.25, -0.2) is 0 Å². The van der Waals surface area contributed by atoms with Crippen molar-refractivity contribution in [3.05, 3.63) is 11.5 Å². The van der Waals surface area contributed by atoms with Crippen LogP contribution >= 0.6 is 0 Å². The molecule has 0 fully saturated rings. The zero-order valence-corrected chi connectivity index (χ0v) is 4.70. The fraction of sp³-hybridized carbons (Fsp3) is 0.333. The van der Waals surface area contributed by atoms with E-state index >= 15 is 0 Å². The van der Waals surface area contributed by atoms with E-state index in [0.29, 0.717) is 0 Å². The molecule has 0 aliphatic carbocycles. The number of hydrogen-bond acceptors (Lipinski definition) is 2. The molecule has 0 atom stereocenters. The predicted molar refractivity (Wildman–Crippen MR) is 26.4 cm³/mol. The first kappa shape index (κ1) is 6.65. The smallest absolute Gasteiger partial charge is 0.282 e. The van der Waals surface area contributed by atoms with Gasteiger partial charge in [-0.05, 0) is 6.92 Å². The van der Waals surface area contributed by atoms with Crippen LogP contribution in [0, 0.1) is 0 Å². The summed E-state index contributed by atoms with van der Waals surface area (Å²) in [6, 6.07) is 0. The Labute approximate surface area is 42.4 Å². The molecule has 0 amide bonds. The van der Waals surface area contributed by atoms with Crippen LogP contribution < -0.4 is 0 Å². The van der Waals surface area contributed by atoms with Crippen LogP contribution in [0.3, 0.4) is 0 Å². The standard InChI is InChI=1S/C3H6O3S/c1-3(2)7(4,5)6/h1H2,2H3,(H,4,5,6). The molecule has 1 N–H and O–H groups in total. The topological polar surface area (TPSA) is 54.4 Å². The summed E-state index contributed by atoms with van der Waals surface area (Å²) >= 11 is 0. The average Bonchev–Trinajstić information content (AvgIpc) is 1.31. The summed E-state index contributed by atoms with van der Waals surface area (Å²) in [7, 11) is -3.94. The first-order valence-electron chi connectivity index (χ1n) is 1.57. The van der Waals surface area contributed by atoms with Gasteiger partial charge in [-0.1, -0.05) is 6.58 Å². The molecule has 0 aromatic rings. The first-order chi connectivity index (χ1) is 2.94. The SMILES string of the molecule is C=C(C)S(=O)(=O)O. The van der Waals surface area contributed by atoms with Gasteiger partial charge in [0, 0.05) is 0 Å². The van der Waals surface area contributed by atoms with Crippen molar-refractivity contribution >= 4 is 10.1 Å². The molecule has 0 unspecified atom stereocenters. The van der Waals surface area contributed by atoms with Crippen LogP contribution in [0.5, 0.6) is 0 Å². The van der Waals surface area contributed by atoms with Crippen LogP contribution in [0.1, 0.15) is 6.92 Å². The third-order valence-corrected chi connectivity index (χ3v) is 1.32. The zero-order chi connectivity index (χ0) is 6.08. The highest BCUT2D eigenvalue weighted by molar-refractivity contribution is 7.89. The van der Waals surface area contributed by atoms with Crippen LogP contribution in [0.2, 0.25) is 0 Å². The molecule has 0 aliphatic heterocycles. The van der Waals surface area contributed by atoms with Gasteiger partial charge in [0.05, 0.1) is 4.91 Å².